The molecule has 0 saturated heterocycles. The zero-order chi connectivity index (χ0) is 12.3. The average Bonchev–Trinajstić information content (AvgIpc) is 2.78. The Morgan fingerprint density at radius 2 is 2.00 bits per heavy atom. The molecular formula is C13H13F2NS. The van der Waals surface area contributed by atoms with Crippen molar-refractivity contribution in [1.82, 2.24) is 5.32 Å². The Bertz CT molecular complexity index is 494. The highest BCUT2D eigenvalue weighted by Gasteiger charge is 2.06. The first-order valence-corrected chi connectivity index (χ1v) is 6.22. The molecule has 1 heterocycles. The fraction of sp³-hybridized carbons (Fsp3) is 0.231. The van der Waals surface area contributed by atoms with Gasteiger partial charge in [-0.25, -0.2) is 8.78 Å². The zero-order valence-corrected chi connectivity index (χ0v) is 10.3. The van der Waals surface area contributed by atoms with Gasteiger partial charge in [0.2, 0.25) is 0 Å². The minimum absolute atomic E-state index is 0.408. The van der Waals surface area contributed by atoms with Crippen molar-refractivity contribution >= 4 is 11.3 Å². The van der Waals surface area contributed by atoms with E-state index in [0.717, 1.165) is 6.07 Å². The van der Waals surface area contributed by atoms with Crippen LogP contribution in [0.15, 0.2) is 29.6 Å². The average molecular weight is 253 g/mol. The summed E-state index contributed by atoms with van der Waals surface area (Å²) in [4.78, 5) is 1.20. The predicted octanol–water partition coefficient (Wildman–Crippen LogP) is 3.62. The summed E-state index contributed by atoms with van der Waals surface area (Å²) in [5.74, 6) is -0.990. The summed E-state index contributed by atoms with van der Waals surface area (Å²) < 4.78 is 26.5. The molecule has 0 unspecified atom stereocenters. The van der Waals surface area contributed by atoms with Gasteiger partial charge in [-0.3, -0.25) is 0 Å². The molecule has 1 nitrogen and oxygen atoms in total. The number of thiophene rings is 1. The molecule has 0 fully saturated rings. The second kappa shape index (κ2) is 5.38. The molecule has 0 saturated carbocycles. The standard InChI is InChI=1S/C13H13F2NS/c1-9-5-10(13(15)6-12(9)14)7-16-8-11-3-2-4-17-11/h2-6,16H,7-8H2,1H3. The molecule has 1 aromatic heterocycles. The summed E-state index contributed by atoms with van der Waals surface area (Å²) in [6.07, 6.45) is 0. The largest absolute Gasteiger partial charge is 0.308 e. The summed E-state index contributed by atoms with van der Waals surface area (Å²) >= 11 is 1.65. The lowest BCUT2D eigenvalue weighted by atomic mass is 10.1. The molecule has 0 radical (unpaired) electrons. The Kier molecular flexibility index (Phi) is 3.86. The molecule has 0 spiro atoms. The van der Waals surface area contributed by atoms with Gasteiger partial charge in [-0.2, -0.15) is 0 Å². The van der Waals surface area contributed by atoms with Crippen LogP contribution in [0.1, 0.15) is 16.0 Å². The van der Waals surface area contributed by atoms with Gasteiger partial charge < -0.3 is 5.32 Å². The molecular weight excluding hydrogens is 240 g/mol. The monoisotopic (exact) mass is 253 g/mol. The van der Waals surface area contributed by atoms with Crippen molar-refractivity contribution in [3.05, 3.63) is 57.3 Å². The normalized spacial score (nSPS) is 10.8. The highest BCUT2D eigenvalue weighted by Crippen LogP contribution is 2.14. The number of hydrogen-bond donors (Lipinski definition) is 1. The number of benzene rings is 1. The number of halogens is 2. The van der Waals surface area contributed by atoms with Crippen LogP contribution in [0.25, 0.3) is 0 Å². The van der Waals surface area contributed by atoms with E-state index >= 15 is 0 Å². The molecule has 1 aromatic carbocycles. The third kappa shape index (κ3) is 3.11. The Labute approximate surface area is 103 Å². The van der Waals surface area contributed by atoms with Crippen LogP contribution in [-0.2, 0) is 13.1 Å². The van der Waals surface area contributed by atoms with Crippen LogP contribution in [0.5, 0.6) is 0 Å². The minimum Gasteiger partial charge on any atom is -0.308 e. The first kappa shape index (κ1) is 12.2. The van der Waals surface area contributed by atoms with Gasteiger partial charge in [-0.15, -0.1) is 11.3 Å². The van der Waals surface area contributed by atoms with E-state index in [1.165, 1.54) is 4.88 Å². The summed E-state index contributed by atoms with van der Waals surface area (Å²) in [6.45, 7) is 2.75. The summed E-state index contributed by atoms with van der Waals surface area (Å²) in [5, 5.41) is 5.14. The van der Waals surface area contributed by atoms with Crippen molar-refractivity contribution in [2.75, 3.05) is 0 Å². The number of aryl methyl sites for hydroxylation is 1. The van der Waals surface area contributed by atoms with E-state index in [9.17, 15) is 8.78 Å². The van der Waals surface area contributed by atoms with Crippen LogP contribution in [0.4, 0.5) is 8.78 Å². The Balaban J connectivity index is 1.97. The molecule has 2 rings (SSSR count). The Morgan fingerprint density at radius 3 is 2.71 bits per heavy atom. The van der Waals surface area contributed by atoms with Gasteiger partial charge in [0.25, 0.3) is 0 Å². The molecule has 0 bridgehead atoms. The summed E-state index contributed by atoms with van der Waals surface area (Å²) in [5.41, 5.74) is 0.972. The lowest BCUT2D eigenvalue weighted by molar-refractivity contribution is 0.556. The van der Waals surface area contributed by atoms with E-state index in [4.69, 9.17) is 0 Å². The minimum atomic E-state index is -0.496. The molecule has 1 N–H and O–H groups in total. The van der Waals surface area contributed by atoms with Crippen molar-refractivity contribution < 1.29 is 8.78 Å². The van der Waals surface area contributed by atoms with Crippen LogP contribution >= 0.6 is 11.3 Å². The van der Waals surface area contributed by atoms with E-state index in [2.05, 4.69) is 5.32 Å². The first-order chi connectivity index (χ1) is 8.16. The van der Waals surface area contributed by atoms with Gasteiger partial charge in [-0.05, 0) is 30.0 Å². The third-order valence-corrected chi connectivity index (χ3v) is 3.40. The van der Waals surface area contributed by atoms with Gasteiger partial charge in [0.1, 0.15) is 11.6 Å². The van der Waals surface area contributed by atoms with Gasteiger partial charge in [0, 0.05) is 29.6 Å². The Morgan fingerprint density at radius 1 is 1.18 bits per heavy atom. The highest BCUT2D eigenvalue weighted by atomic mass is 32.1. The molecule has 0 atom stereocenters. The van der Waals surface area contributed by atoms with Crippen molar-refractivity contribution in [2.45, 2.75) is 20.0 Å². The maximum atomic E-state index is 13.4. The lowest BCUT2D eigenvalue weighted by Gasteiger charge is -2.06. The molecule has 17 heavy (non-hydrogen) atoms. The van der Waals surface area contributed by atoms with Crippen molar-refractivity contribution in [1.29, 1.82) is 0 Å². The first-order valence-electron chi connectivity index (χ1n) is 5.34. The van der Waals surface area contributed by atoms with Gasteiger partial charge >= 0.3 is 0 Å². The van der Waals surface area contributed by atoms with Crippen molar-refractivity contribution in [2.24, 2.45) is 0 Å². The maximum absolute atomic E-state index is 13.4. The highest BCUT2D eigenvalue weighted by molar-refractivity contribution is 7.09. The fourth-order valence-electron chi connectivity index (χ4n) is 1.59. The van der Waals surface area contributed by atoms with Crippen molar-refractivity contribution in [3.63, 3.8) is 0 Å². The van der Waals surface area contributed by atoms with Crippen LogP contribution in [0.3, 0.4) is 0 Å². The summed E-state index contributed by atoms with van der Waals surface area (Å²) in [6, 6.07) is 6.48. The summed E-state index contributed by atoms with van der Waals surface area (Å²) in [7, 11) is 0. The van der Waals surface area contributed by atoms with E-state index < -0.39 is 11.6 Å². The molecule has 90 valence electrons. The molecule has 0 aliphatic rings. The third-order valence-electron chi connectivity index (χ3n) is 2.52. The number of rotatable bonds is 4. The zero-order valence-electron chi connectivity index (χ0n) is 9.47. The molecule has 2 aromatic rings. The number of nitrogens with one attached hydrogen (secondary N) is 1. The quantitative estimate of drug-likeness (QED) is 0.877. The van der Waals surface area contributed by atoms with Crippen molar-refractivity contribution in [3.8, 4) is 0 Å². The topological polar surface area (TPSA) is 12.0 Å². The van der Waals surface area contributed by atoms with Crippen LogP contribution in [0.2, 0.25) is 0 Å². The second-order valence-corrected chi connectivity index (χ2v) is 4.91. The molecule has 0 aliphatic heterocycles. The van der Waals surface area contributed by atoms with E-state index in [1.807, 2.05) is 17.5 Å². The SMILES string of the molecule is Cc1cc(CNCc2cccs2)c(F)cc1F. The predicted molar refractivity (Wildman–Crippen MR) is 66.0 cm³/mol. The van der Waals surface area contributed by atoms with Crippen LogP contribution < -0.4 is 5.32 Å². The van der Waals surface area contributed by atoms with Crippen LogP contribution in [0, 0.1) is 18.6 Å². The molecule has 0 aliphatic carbocycles. The maximum Gasteiger partial charge on any atom is 0.130 e. The van der Waals surface area contributed by atoms with Gasteiger partial charge in [-0.1, -0.05) is 6.07 Å². The van der Waals surface area contributed by atoms with Crippen LogP contribution in [-0.4, -0.2) is 0 Å². The van der Waals surface area contributed by atoms with E-state index in [-0.39, 0.29) is 0 Å². The van der Waals surface area contributed by atoms with E-state index in [1.54, 1.807) is 24.3 Å². The Hall–Kier alpha value is -1.26. The smallest absolute Gasteiger partial charge is 0.130 e. The molecule has 4 heteroatoms. The molecule has 0 amide bonds. The van der Waals surface area contributed by atoms with Gasteiger partial charge in [0.15, 0.2) is 0 Å². The lowest BCUT2D eigenvalue weighted by Crippen LogP contribution is -2.13. The van der Waals surface area contributed by atoms with E-state index in [0.29, 0.717) is 24.2 Å². The fourth-order valence-corrected chi connectivity index (χ4v) is 2.26. The number of hydrogen-bond acceptors (Lipinski definition) is 2. The van der Waals surface area contributed by atoms with Gasteiger partial charge in [0.05, 0.1) is 0 Å². The second-order valence-electron chi connectivity index (χ2n) is 3.88.